The second-order valence-corrected chi connectivity index (χ2v) is 6.82. The first-order valence-corrected chi connectivity index (χ1v) is 8.30. The van der Waals surface area contributed by atoms with Gasteiger partial charge < -0.3 is 9.84 Å². The zero-order chi connectivity index (χ0) is 14.9. The van der Waals surface area contributed by atoms with Gasteiger partial charge in [-0.05, 0) is 6.92 Å². The van der Waals surface area contributed by atoms with Crippen LogP contribution in [0.15, 0.2) is 0 Å². The Hall–Kier alpha value is -1.19. The Morgan fingerprint density at radius 2 is 2.25 bits per heavy atom. The number of ether oxygens (including phenoxy) is 1. The summed E-state index contributed by atoms with van der Waals surface area (Å²) < 4.78 is 29.1. The standard InChI is InChI=1S/C10H14ClN3O5S/c1-2-19-10(16)9-6(3-11)14(13-12-9)7-4-20(17,18)5-8(7)15/h7-8,15H,2-5H2,1H3. The van der Waals surface area contributed by atoms with Crippen molar-refractivity contribution < 1.29 is 23.1 Å². The van der Waals surface area contributed by atoms with Crippen LogP contribution in [0.4, 0.5) is 0 Å². The number of sulfone groups is 1. The van der Waals surface area contributed by atoms with E-state index in [1.54, 1.807) is 6.92 Å². The molecule has 1 aliphatic rings. The van der Waals surface area contributed by atoms with Crippen LogP contribution in [0, 0.1) is 0 Å². The number of carbonyl (C=O) groups excluding carboxylic acids is 1. The van der Waals surface area contributed by atoms with Gasteiger partial charge in [0, 0.05) is 0 Å². The van der Waals surface area contributed by atoms with E-state index < -0.39 is 28.0 Å². The monoisotopic (exact) mass is 323 g/mol. The number of esters is 1. The van der Waals surface area contributed by atoms with E-state index in [-0.39, 0.29) is 35.4 Å². The molecule has 1 aliphatic heterocycles. The molecule has 112 valence electrons. The number of nitrogens with zero attached hydrogens (tertiary/aromatic N) is 3. The number of hydrogen-bond donors (Lipinski definition) is 1. The van der Waals surface area contributed by atoms with Gasteiger partial charge in [0.15, 0.2) is 15.5 Å². The lowest BCUT2D eigenvalue weighted by Gasteiger charge is -2.14. The van der Waals surface area contributed by atoms with Gasteiger partial charge >= 0.3 is 5.97 Å². The lowest BCUT2D eigenvalue weighted by molar-refractivity contribution is 0.0518. The van der Waals surface area contributed by atoms with Gasteiger partial charge in [-0.3, -0.25) is 0 Å². The van der Waals surface area contributed by atoms with Crippen molar-refractivity contribution in [1.29, 1.82) is 0 Å². The molecule has 1 fully saturated rings. The fraction of sp³-hybridized carbons (Fsp3) is 0.700. The van der Waals surface area contributed by atoms with Crippen molar-refractivity contribution in [2.45, 2.75) is 24.9 Å². The van der Waals surface area contributed by atoms with E-state index in [2.05, 4.69) is 10.3 Å². The predicted molar refractivity (Wildman–Crippen MR) is 69.2 cm³/mol. The van der Waals surface area contributed by atoms with Gasteiger partial charge in [0.05, 0.1) is 41.8 Å². The molecular weight excluding hydrogens is 310 g/mol. The maximum absolute atomic E-state index is 11.7. The second-order valence-electron chi connectivity index (χ2n) is 4.40. The molecule has 0 aliphatic carbocycles. The van der Waals surface area contributed by atoms with Crippen molar-refractivity contribution in [1.82, 2.24) is 15.0 Å². The van der Waals surface area contributed by atoms with Gasteiger partial charge in [0.2, 0.25) is 0 Å². The largest absolute Gasteiger partial charge is 0.461 e. The number of aromatic nitrogens is 3. The normalized spacial score (nSPS) is 24.8. The van der Waals surface area contributed by atoms with Crippen LogP contribution < -0.4 is 0 Å². The molecule has 10 heteroatoms. The van der Waals surface area contributed by atoms with Crippen molar-refractivity contribution in [3.63, 3.8) is 0 Å². The van der Waals surface area contributed by atoms with Gasteiger partial charge in [0.1, 0.15) is 0 Å². The van der Waals surface area contributed by atoms with Gasteiger partial charge in [-0.25, -0.2) is 17.9 Å². The summed E-state index contributed by atoms with van der Waals surface area (Å²) in [4.78, 5) is 11.7. The van der Waals surface area contributed by atoms with Crippen molar-refractivity contribution in [2.75, 3.05) is 18.1 Å². The Labute approximate surface area is 120 Å². The molecule has 20 heavy (non-hydrogen) atoms. The third-order valence-electron chi connectivity index (χ3n) is 2.99. The number of rotatable bonds is 4. The predicted octanol–water partition coefficient (Wildman–Crippen LogP) is -0.476. The van der Waals surface area contributed by atoms with Crippen LogP contribution in [0.25, 0.3) is 0 Å². The van der Waals surface area contributed by atoms with Crippen LogP contribution in [0.1, 0.15) is 29.1 Å². The van der Waals surface area contributed by atoms with E-state index in [0.29, 0.717) is 0 Å². The van der Waals surface area contributed by atoms with Gasteiger partial charge in [-0.1, -0.05) is 5.21 Å². The summed E-state index contributed by atoms with van der Waals surface area (Å²) in [7, 11) is -3.34. The number of carbonyl (C=O) groups is 1. The number of halogens is 1. The minimum atomic E-state index is -3.34. The Morgan fingerprint density at radius 3 is 2.75 bits per heavy atom. The summed E-state index contributed by atoms with van der Waals surface area (Å²) in [5.41, 5.74) is 0.185. The van der Waals surface area contributed by atoms with Crippen LogP contribution in [0.3, 0.4) is 0 Å². The minimum absolute atomic E-state index is 0.0571. The maximum atomic E-state index is 11.7. The molecular formula is C10H14ClN3O5S. The summed E-state index contributed by atoms with van der Waals surface area (Å²) in [6.45, 7) is 1.82. The molecule has 8 nitrogen and oxygen atoms in total. The van der Waals surface area contributed by atoms with Crippen LogP contribution in [-0.2, 0) is 20.5 Å². The fourth-order valence-electron chi connectivity index (χ4n) is 2.11. The lowest BCUT2D eigenvalue weighted by atomic mass is 10.2. The zero-order valence-corrected chi connectivity index (χ0v) is 12.3. The Morgan fingerprint density at radius 1 is 1.55 bits per heavy atom. The van der Waals surface area contributed by atoms with Gasteiger partial charge in [-0.2, -0.15) is 0 Å². The van der Waals surface area contributed by atoms with E-state index in [4.69, 9.17) is 16.3 Å². The molecule has 2 rings (SSSR count). The highest BCUT2D eigenvalue weighted by Gasteiger charge is 2.40. The van der Waals surface area contributed by atoms with Crippen LogP contribution in [0.2, 0.25) is 0 Å². The number of aliphatic hydroxyl groups is 1. The molecule has 1 N–H and O–H groups in total. The Kier molecular flexibility index (Phi) is 4.31. The molecule has 0 spiro atoms. The number of hydrogen-bond acceptors (Lipinski definition) is 7. The lowest BCUT2D eigenvalue weighted by Crippen LogP contribution is -2.25. The first kappa shape index (κ1) is 15.2. The van der Waals surface area contributed by atoms with E-state index in [0.717, 1.165) is 0 Å². The summed E-state index contributed by atoms with van der Waals surface area (Å²) >= 11 is 5.78. The highest BCUT2D eigenvalue weighted by atomic mass is 35.5. The van der Waals surface area contributed by atoms with Crippen LogP contribution >= 0.6 is 11.6 Å². The molecule has 1 saturated heterocycles. The average Bonchev–Trinajstić information content (AvgIpc) is 2.89. The number of aliphatic hydroxyl groups excluding tert-OH is 1. The molecule has 0 aromatic carbocycles. The third-order valence-corrected chi connectivity index (χ3v) is 4.95. The molecule has 0 saturated carbocycles. The number of alkyl halides is 1. The van der Waals surface area contributed by atoms with E-state index >= 15 is 0 Å². The average molecular weight is 324 g/mol. The van der Waals surface area contributed by atoms with E-state index in [9.17, 15) is 18.3 Å². The Bertz CT molecular complexity index is 614. The smallest absolute Gasteiger partial charge is 0.360 e. The van der Waals surface area contributed by atoms with Gasteiger partial charge in [0.25, 0.3) is 0 Å². The SMILES string of the molecule is CCOC(=O)c1nnn(C2CS(=O)(=O)CC2O)c1CCl. The zero-order valence-electron chi connectivity index (χ0n) is 10.7. The topological polar surface area (TPSA) is 111 Å². The Balaban J connectivity index is 2.36. The van der Waals surface area contributed by atoms with Gasteiger partial charge in [-0.15, -0.1) is 16.7 Å². The quantitative estimate of drug-likeness (QED) is 0.588. The maximum Gasteiger partial charge on any atom is 0.360 e. The summed E-state index contributed by atoms with van der Waals surface area (Å²) in [5.74, 6) is -1.37. The molecule has 0 amide bonds. The molecule has 1 aromatic heterocycles. The molecule has 2 unspecified atom stereocenters. The highest BCUT2D eigenvalue weighted by Crippen LogP contribution is 2.26. The summed E-state index contributed by atoms with van der Waals surface area (Å²) in [6, 6.07) is -0.788. The molecule has 0 radical (unpaired) electrons. The van der Waals surface area contributed by atoms with Crippen molar-refractivity contribution in [3.8, 4) is 0 Å². The summed E-state index contributed by atoms with van der Waals surface area (Å²) in [5, 5.41) is 17.2. The summed E-state index contributed by atoms with van der Waals surface area (Å²) in [6.07, 6.45) is -1.10. The third kappa shape index (κ3) is 2.79. The van der Waals surface area contributed by atoms with E-state index in [1.165, 1.54) is 4.68 Å². The van der Waals surface area contributed by atoms with Crippen LogP contribution in [-0.4, -0.2) is 58.7 Å². The second kappa shape index (κ2) is 5.66. The fourth-order valence-corrected chi connectivity index (χ4v) is 4.12. The highest BCUT2D eigenvalue weighted by molar-refractivity contribution is 7.91. The van der Waals surface area contributed by atoms with E-state index in [1.807, 2.05) is 0 Å². The van der Waals surface area contributed by atoms with Crippen LogP contribution in [0.5, 0.6) is 0 Å². The molecule has 2 heterocycles. The van der Waals surface area contributed by atoms with Crippen molar-refractivity contribution in [3.05, 3.63) is 11.4 Å². The minimum Gasteiger partial charge on any atom is -0.461 e. The molecule has 0 bridgehead atoms. The van der Waals surface area contributed by atoms with Crippen molar-refractivity contribution in [2.24, 2.45) is 0 Å². The van der Waals surface area contributed by atoms with Crippen molar-refractivity contribution >= 4 is 27.4 Å². The first-order chi connectivity index (χ1) is 9.39. The molecule has 2 atom stereocenters. The molecule has 1 aromatic rings. The first-order valence-electron chi connectivity index (χ1n) is 5.95.